The van der Waals surface area contributed by atoms with Crippen molar-refractivity contribution in [3.8, 4) is 11.3 Å². The van der Waals surface area contributed by atoms with Gasteiger partial charge in [-0.1, -0.05) is 47.1 Å². The molecule has 5 aromatic rings. The zero-order chi connectivity index (χ0) is 26.6. The van der Waals surface area contributed by atoms with E-state index in [0.717, 1.165) is 29.4 Å². The Kier molecular flexibility index (Phi) is 4.73. The van der Waals surface area contributed by atoms with Crippen LogP contribution in [0.5, 0.6) is 0 Å². The number of hydrogen-bond donors (Lipinski definition) is 0. The molecule has 0 radical (unpaired) electrons. The molecular weight excluding hydrogens is 465 g/mol. The van der Waals surface area contributed by atoms with Crippen molar-refractivity contribution in [2.45, 2.75) is 25.7 Å². The Labute approximate surface area is 211 Å². The fourth-order valence-electron chi connectivity index (χ4n) is 5.32. The maximum Gasteiger partial charge on any atom is 0.142 e. The van der Waals surface area contributed by atoms with E-state index >= 15 is 0 Å². The minimum Gasteiger partial charge on any atom is -0.381 e. The van der Waals surface area contributed by atoms with E-state index in [4.69, 9.17) is 25.4 Å². The summed E-state index contributed by atoms with van der Waals surface area (Å²) in [4.78, 5) is 4.73. The molecule has 6 nitrogen and oxygen atoms in total. The van der Waals surface area contributed by atoms with Crippen LogP contribution in [0.1, 0.15) is 34.3 Å². The van der Waals surface area contributed by atoms with Crippen LogP contribution in [-0.2, 0) is 11.8 Å². The molecule has 0 aliphatic carbocycles. The number of rotatable bonds is 4. The maximum atomic E-state index is 14.7. The molecule has 0 unspecified atom stereocenters. The molecule has 0 bridgehead atoms. The van der Waals surface area contributed by atoms with Gasteiger partial charge in [0.1, 0.15) is 5.82 Å². The molecule has 0 saturated carbocycles. The van der Waals surface area contributed by atoms with Gasteiger partial charge in [0.25, 0.3) is 0 Å². The summed E-state index contributed by atoms with van der Waals surface area (Å²) < 4.78 is 47.9. The second-order valence-corrected chi connectivity index (χ2v) is 9.37. The summed E-state index contributed by atoms with van der Waals surface area (Å²) in [5.41, 5.74) is 4.05. The first-order valence-electron chi connectivity index (χ1n) is 13.1. The summed E-state index contributed by atoms with van der Waals surface area (Å²) >= 11 is 6.32. The van der Waals surface area contributed by atoms with Gasteiger partial charge in [0.15, 0.2) is 0 Å². The molecule has 1 atom stereocenters. The highest BCUT2D eigenvalue weighted by atomic mass is 35.5. The summed E-state index contributed by atoms with van der Waals surface area (Å²) in [5.74, 6) is -0.277. The molecule has 0 amide bonds. The van der Waals surface area contributed by atoms with Gasteiger partial charge in [-0.2, -0.15) is 0 Å². The number of aromatic nitrogens is 5. The lowest BCUT2D eigenvalue weighted by molar-refractivity contribution is 0.0553. The molecular formula is C27H25ClFN5O. The first-order valence-corrected chi connectivity index (χ1v) is 11.9. The SMILES string of the molecule is [2H]C([2H])([2H])c1nnn(C)c1-c1cnc2c3cc(F)c(Cl)cc3n([C@H](c3ccccc3)C3CCOCC3)c2c1. The number of halogens is 2. The lowest BCUT2D eigenvalue weighted by atomic mass is 9.86. The van der Waals surface area contributed by atoms with E-state index in [2.05, 4.69) is 27.0 Å². The highest BCUT2D eigenvalue weighted by Gasteiger charge is 2.30. The van der Waals surface area contributed by atoms with Gasteiger partial charge in [-0.05, 0) is 49.4 Å². The third kappa shape index (κ3) is 3.70. The van der Waals surface area contributed by atoms with E-state index in [1.54, 1.807) is 19.3 Å². The second-order valence-electron chi connectivity index (χ2n) is 8.96. The normalized spacial score (nSPS) is 17.4. The fourth-order valence-corrected chi connectivity index (χ4v) is 5.48. The summed E-state index contributed by atoms with van der Waals surface area (Å²) in [5, 5.41) is 8.57. The molecule has 4 heterocycles. The van der Waals surface area contributed by atoms with Crippen molar-refractivity contribution in [2.75, 3.05) is 13.2 Å². The quantitative estimate of drug-likeness (QED) is 0.304. The Hall–Kier alpha value is -3.29. The van der Waals surface area contributed by atoms with Gasteiger partial charge >= 0.3 is 0 Å². The topological polar surface area (TPSA) is 57.8 Å². The van der Waals surface area contributed by atoms with Gasteiger partial charge in [0, 0.05) is 41.5 Å². The van der Waals surface area contributed by atoms with E-state index in [1.807, 2.05) is 24.3 Å². The van der Waals surface area contributed by atoms with Crippen molar-refractivity contribution >= 4 is 33.5 Å². The summed E-state index contributed by atoms with van der Waals surface area (Å²) in [6, 6.07) is 15.1. The van der Waals surface area contributed by atoms with Crippen LogP contribution in [0.2, 0.25) is 5.02 Å². The van der Waals surface area contributed by atoms with Crippen LogP contribution in [0.3, 0.4) is 0 Å². The Morgan fingerprint density at radius 1 is 1.14 bits per heavy atom. The minimum absolute atomic E-state index is 0.0288. The lowest BCUT2D eigenvalue weighted by Gasteiger charge is -2.33. The average Bonchev–Trinajstić information content (AvgIpc) is 3.44. The molecule has 0 N–H and O–H groups in total. The molecule has 1 fully saturated rings. The molecule has 1 saturated heterocycles. The molecule has 2 aromatic carbocycles. The smallest absolute Gasteiger partial charge is 0.142 e. The molecule has 178 valence electrons. The number of hydrogen-bond acceptors (Lipinski definition) is 4. The largest absolute Gasteiger partial charge is 0.381 e. The van der Waals surface area contributed by atoms with E-state index < -0.39 is 12.7 Å². The highest BCUT2D eigenvalue weighted by Crippen LogP contribution is 2.42. The Bertz CT molecular complexity index is 1640. The van der Waals surface area contributed by atoms with Crippen LogP contribution in [0, 0.1) is 18.6 Å². The van der Waals surface area contributed by atoms with Crippen molar-refractivity contribution in [1.29, 1.82) is 0 Å². The van der Waals surface area contributed by atoms with E-state index in [-0.39, 0.29) is 22.7 Å². The third-order valence-corrected chi connectivity index (χ3v) is 7.20. The molecule has 8 heteroatoms. The molecule has 6 rings (SSSR count). The molecule has 1 aliphatic heterocycles. The maximum absolute atomic E-state index is 14.7. The first kappa shape index (κ1) is 19.0. The van der Waals surface area contributed by atoms with Crippen LogP contribution in [-0.4, -0.2) is 37.8 Å². The Morgan fingerprint density at radius 2 is 1.94 bits per heavy atom. The summed E-state index contributed by atoms with van der Waals surface area (Å²) in [6.45, 7) is -1.13. The standard InChI is InChI=1S/C27H25ClFN5O/c1-16-26(33(2)32-31-16)19-12-24-25(30-15-19)20-13-22(29)21(28)14-23(20)34(24)27(17-6-4-3-5-7-17)18-8-10-35-11-9-18/h3-7,12-15,18,27H,8-11H2,1-2H3/t27-/m1/s1/i1D3. The zero-order valence-corrected chi connectivity index (χ0v) is 19.8. The van der Waals surface area contributed by atoms with E-state index in [1.165, 1.54) is 10.7 Å². The zero-order valence-electron chi connectivity index (χ0n) is 22.1. The number of benzene rings is 2. The van der Waals surface area contributed by atoms with Crippen molar-refractivity contribution in [3.05, 3.63) is 76.8 Å². The third-order valence-electron chi connectivity index (χ3n) is 6.91. The van der Waals surface area contributed by atoms with Crippen LogP contribution < -0.4 is 0 Å². The predicted molar refractivity (Wildman–Crippen MR) is 135 cm³/mol. The molecule has 3 aromatic heterocycles. The summed E-state index contributed by atoms with van der Waals surface area (Å²) in [7, 11) is 1.65. The fraction of sp³-hybridized carbons (Fsp3) is 0.296. The van der Waals surface area contributed by atoms with E-state index in [9.17, 15) is 4.39 Å². The van der Waals surface area contributed by atoms with Gasteiger partial charge in [-0.25, -0.2) is 9.07 Å². The number of aryl methyl sites for hydroxylation is 2. The van der Waals surface area contributed by atoms with Crippen molar-refractivity contribution in [3.63, 3.8) is 0 Å². The van der Waals surface area contributed by atoms with Crippen molar-refractivity contribution in [1.82, 2.24) is 24.5 Å². The molecule has 35 heavy (non-hydrogen) atoms. The van der Waals surface area contributed by atoms with E-state index in [0.29, 0.717) is 35.4 Å². The van der Waals surface area contributed by atoms with Crippen molar-refractivity contribution in [2.24, 2.45) is 13.0 Å². The number of nitrogens with zero attached hydrogens (tertiary/aromatic N) is 5. The van der Waals surface area contributed by atoms with Gasteiger partial charge < -0.3 is 9.30 Å². The van der Waals surface area contributed by atoms with Crippen LogP contribution >= 0.6 is 11.6 Å². The number of ether oxygens (including phenoxy) is 1. The van der Waals surface area contributed by atoms with Crippen LogP contribution in [0.15, 0.2) is 54.7 Å². The first-order chi connectivity index (χ1) is 18.2. The minimum atomic E-state index is -2.45. The number of pyridine rings is 1. The monoisotopic (exact) mass is 492 g/mol. The summed E-state index contributed by atoms with van der Waals surface area (Å²) in [6.07, 6.45) is 3.31. The molecule has 0 spiro atoms. The molecule has 1 aliphatic rings. The Balaban J connectivity index is 1.68. The number of fused-ring (bicyclic) bond motifs is 3. The van der Waals surface area contributed by atoms with Gasteiger partial charge in [0.05, 0.1) is 39.0 Å². The predicted octanol–water partition coefficient (Wildman–Crippen LogP) is 6.10. The average molecular weight is 493 g/mol. The van der Waals surface area contributed by atoms with Crippen LogP contribution in [0.4, 0.5) is 4.39 Å². The van der Waals surface area contributed by atoms with Crippen molar-refractivity contribution < 1.29 is 13.2 Å². The Morgan fingerprint density at radius 3 is 2.71 bits per heavy atom. The van der Waals surface area contributed by atoms with Gasteiger partial charge in [0.2, 0.25) is 0 Å². The second kappa shape index (κ2) is 8.73. The van der Waals surface area contributed by atoms with Gasteiger partial charge in [-0.15, -0.1) is 5.10 Å². The highest BCUT2D eigenvalue weighted by molar-refractivity contribution is 6.31. The van der Waals surface area contributed by atoms with Crippen LogP contribution in [0.25, 0.3) is 33.2 Å². The lowest BCUT2D eigenvalue weighted by Crippen LogP contribution is -2.26. The van der Waals surface area contributed by atoms with Gasteiger partial charge in [-0.3, -0.25) is 4.98 Å².